The number of carbonyl (C=O) groups is 3. The first-order valence-corrected chi connectivity index (χ1v) is 7.99. The molecular formula is C15H17N2O8S. The SMILES string of the molecule is CC(=O)OC[C@H]1O[C@@H](n2ccc([S])nc2=O)[C@H](OC(C)=O)[C@@H]1OC(C)=O. The van der Waals surface area contributed by atoms with Crippen LogP contribution in [-0.2, 0) is 33.3 Å². The van der Waals surface area contributed by atoms with Gasteiger partial charge in [-0.25, -0.2) is 4.79 Å². The van der Waals surface area contributed by atoms with E-state index in [1.165, 1.54) is 26.1 Å². The Hall–Kier alpha value is -2.53. The standard InChI is InChI=1S/C15H17N2O8S/c1-7(18)22-6-10-12(23-8(2)19)13(24-9(3)20)14(25-10)17-5-4-11(26)16-15(17)21/h4-5,10,12-14H,6H2,1-3H3/t10-,12-,13-,14-/m1/s1. The van der Waals surface area contributed by atoms with Gasteiger partial charge in [0, 0.05) is 27.0 Å². The van der Waals surface area contributed by atoms with Crippen LogP contribution in [0.2, 0.25) is 0 Å². The van der Waals surface area contributed by atoms with E-state index in [0.717, 1.165) is 11.5 Å². The van der Waals surface area contributed by atoms with E-state index in [2.05, 4.69) is 4.98 Å². The maximum absolute atomic E-state index is 12.1. The number of rotatable bonds is 5. The minimum atomic E-state index is -1.15. The second kappa shape index (κ2) is 8.23. The van der Waals surface area contributed by atoms with Crippen LogP contribution >= 0.6 is 12.6 Å². The number of carbonyl (C=O) groups excluding carboxylic acids is 3. The molecule has 0 N–H and O–H groups in total. The van der Waals surface area contributed by atoms with Gasteiger partial charge in [-0.2, -0.15) is 4.98 Å². The van der Waals surface area contributed by atoms with Crippen molar-refractivity contribution in [2.45, 2.75) is 50.3 Å². The molecule has 4 atom stereocenters. The van der Waals surface area contributed by atoms with E-state index in [4.69, 9.17) is 31.6 Å². The second-order valence-corrected chi connectivity index (χ2v) is 5.89. The molecule has 11 heteroatoms. The Morgan fingerprint density at radius 1 is 1.15 bits per heavy atom. The van der Waals surface area contributed by atoms with E-state index in [1.54, 1.807) is 0 Å². The zero-order valence-corrected chi connectivity index (χ0v) is 15.1. The van der Waals surface area contributed by atoms with E-state index < -0.39 is 48.1 Å². The van der Waals surface area contributed by atoms with Crippen LogP contribution in [-0.4, -0.2) is 52.4 Å². The zero-order chi connectivity index (χ0) is 19.4. The summed E-state index contributed by atoms with van der Waals surface area (Å²) in [7, 11) is 0. The van der Waals surface area contributed by atoms with Crippen molar-refractivity contribution in [2.24, 2.45) is 0 Å². The Kier molecular flexibility index (Phi) is 6.27. The van der Waals surface area contributed by atoms with Crippen molar-refractivity contribution >= 4 is 30.5 Å². The van der Waals surface area contributed by atoms with Crippen LogP contribution in [0.4, 0.5) is 0 Å². The highest BCUT2D eigenvalue weighted by Crippen LogP contribution is 2.33. The third kappa shape index (κ3) is 4.76. The maximum Gasteiger partial charge on any atom is 0.351 e. The van der Waals surface area contributed by atoms with Crippen molar-refractivity contribution in [3.8, 4) is 0 Å². The molecule has 2 heterocycles. The third-order valence-electron chi connectivity index (χ3n) is 3.42. The van der Waals surface area contributed by atoms with Crippen LogP contribution in [0.25, 0.3) is 0 Å². The summed E-state index contributed by atoms with van der Waals surface area (Å²) in [6.07, 6.45) is -2.99. The summed E-state index contributed by atoms with van der Waals surface area (Å²) in [5, 5.41) is 0.0845. The smallest absolute Gasteiger partial charge is 0.351 e. The van der Waals surface area contributed by atoms with E-state index in [9.17, 15) is 19.2 Å². The van der Waals surface area contributed by atoms with Gasteiger partial charge in [-0.3, -0.25) is 19.0 Å². The summed E-state index contributed by atoms with van der Waals surface area (Å²) < 4.78 is 22.1. The van der Waals surface area contributed by atoms with Crippen LogP contribution < -0.4 is 5.69 Å². The molecule has 0 saturated carbocycles. The Morgan fingerprint density at radius 3 is 2.31 bits per heavy atom. The summed E-state index contributed by atoms with van der Waals surface area (Å²) >= 11 is 4.83. The quantitative estimate of drug-likeness (QED) is 0.395. The molecule has 0 aromatic carbocycles. The summed E-state index contributed by atoms with van der Waals surface area (Å²) in [5.74, 6) is -1.90. The minimum Gasteiger partial charge on any atom is -0.463 e. The highest BCUT2D eigenvalue weighted by atomic mass is 32.1. The van der Waals surface area contributed by atoms with Gasteiger partial charge in [-0.05, 0) is 6.07 Å². The first kappa shape index (κ1) is 19.8. The third-order valence-corrected chi connectivity index (χ3v) is 3.65. The highest BCUT2D eigenvalue weighted by molar-refractivity contribution is 7.80. The van der Waals surface area contributed by atoms with Crippen molar-refractivity contribution < 1.29 is 33.3 Å². The lowest BCUT2D eigenvalue weighted by molar-refractivity contribution is -0.166. The normalized spacial score (nSPS) is 24.7. The lowest BCUT2D eigenvalue weighted by Gasteiger charge is -2.23. The summed E-state index contributed by atoms with van der Waals surface area (Å²) in [6, 6.07) is 1.39. The number of hydrogen-bond donors (Lipinski definition) is 0. The number of esters is 3. The molecular weight excluding hydrogens is 368 g/mol. The van der Waals surface area contributed by atoms with Gasteiger partial charge in [-0.15, -0.1) is 0 Å². The van der Waals surface area contributed by atoms with Crippen LogP contribution in [0, 0.1) is 0 Å². The number of hydrogen-bond acceptors (Lipinski definition) is 9. The van der Waals surface area contributed by atoms with E-state index in [1.807, 2.05) is 0 Å². The fraction of sp³-hybridized carbons (Fsp3) is 0.533. The van der Waals surface area contributed by atoms with E-state index in [0.29, 0.717) is 0 Å². The van der Waals surface area contributed by atoms with Crippen LogP contribution in [0.3, 0.4) is 0 Å². The molecule has 1 aromatic rings. The van der Waals surface area contributed by atoms with Gasteiger partial charge in [0.15, 0.2) is 18.4 Å². The Labute approximate surface area is 153 Å². The monoisotopic (exact) mass is 385 g/mol. The zero-order valence-electron chi connectivity index (χ0n) is 14.2. The fourth-order valence-corrected chi connectivity index (χ4v) is 2.65. The van der Waals surface area contributed by atoms with Gasteiger partial charge < -0.3 is 18.9 Å². The molecule has 2 rings (SSSR count). The molecule has 1 saturated heterocycles. The molecule has 10 nitrogen and oxygen atoms in total. The molecule has 0 unspecified atom stereocenters. The number of nitrogens with zero attached hydrogens (tertiary/aromatic N) is 2. The van der Waals surface area contributed by atoms with Crippen molar-refractivity contribution in [1.82, 2.24) is 9.55 Å². The first-order valence-electron chi connectivity index (χ1n) is 7.58. The second-order valence-electron chi connectivity index (χ2n) is 5.47. The average Bonchev–Trinajstić information content (AvgIpc) is 2.82. The van der Waals surface area contributed by atoms with Gasteiger partial charge in [-0.1, -0.05) is 12.6 Å². The fourth-order valence-electron chi connectivity index (χ4n) is 2.51. The largest absolute Gasteiger partial charge is 0.463 e. The lowest BCUT2D eigenvalue weighted by Crippen LogP contribution is -2.41. The molecule has 0 aliphatic carbocycles. The molecule has 26 heavy (non-hydrogen) atoms. The maximum atomic E-state index is 12.1. The topological polar surface area (TPSA) is 123 Å². The first-order chi connectivity index (χ1) is 12.2. The van der Waals surface area contributed by atoms with Crippen LogP contribution in [0.15, 0.2) is 22.1 Å². The van der Waals surface area contributed by atoms with Gasteiger partial charge in [0.25, 0.3) is 0 Å². The Morgan fingerprint density at radius 2 is 1.77 bits per heavy atom. The summed E-state index contributed by atoms with van der Waals surface area (Å²) in [4.78, 5) is 49.8. The Balaban J connectivity index is 2.40. The molecule has 0 amide bonds. The average molecular weight is 385 g/mol. The highest BCUT2D eigenvalue weighted by Gasteiger charge is 2.50. The minimum absolute atomic E-state index is 0.0845. The van der Waals surface area contributed by atoms with Crippen molar-refractivity contribution in [3.05, 3.63) is 22.7 Å². The number of aromatic nitrogens is 2. The lowest BCUT2D eigenvalue weighted by atomic mass is 10.1. The molecule has 1 aliphatic heterocycles. The predicted molar refractivity (Wildman–Crippen MR) is 86.0 cm³/mol. The van der Waals surface area contributed by atoms with Crippen molar-refractivity contribution in [2.75, 3.05) is 6.61 Å². The van der Waals surface area contributed by atoms with Gasteiger partial charge >= 0.3 is 23.6 Å². The van der Waals surface area contributed by atoms with Gasteiger partial charge in [0.2, 0.25) is 0 Å². The molecule has 1 radical (unpaired) electrons. The van der Waals surface area contributed by atoms with Crippen LogP contribution in [0.5, 0.6) is 0 Å². The molecule has 141 valence electrons. The van der Waals surface area contributed by atoms with Gasteiger partial charge in [0.05, 0.1) is 0 Å². The predicted octanol–water partition coefficient (Wildman–Crippen LogP) is 0.124. The van der Waals surface area contributed by atoms with E-state index >= 15 is 0 Å². The number of ether oxygens (including phenoxy) is 4. The summed E-state index contributed by atoms with van der Waals surface area (Å²) in [6.45, 7) is 3.27. The van der Waals surface area contributed by atoms with Crippen molar-refractivity contribution in [3.63, 3.8) is 0 Å². The van der Waals surface area contributed by atoms with Crippen LogP contribution in [0.1, 0.15) is 27.0 Å². The Bertz CT molecular complexity index is 764. The van der Waals surface area contributed by atoms with Crippen molar-refractivity contribution in [1.29, 1.82) is 0 Å². The molecule has 0 spiro atoms. The summed E-state index contributed by atoms with van der Waals surface area (Å²) in [5.41, 5.74) is -0.727. The van der Waals surface area contributed by atoms with E-state index in [-0.39, 0.29) is 11.6 Å². The molecule has 1 aliphatic rings. The molecule has 1 aromatic heterocycles. The molecule has 0 bridgehead atoms. The van der Waals surface area contributed by atoms with Gasteiger partial charge in [0.1, 0.15) is 17.7 Å². The molecule has 1 fully saturated rings.